The van der Waals surface area contributed by atoms with Crippen LogP contribution in [-0.4, -0.2) is 33.6 Å². The van der Waals surface area contributed by atoms with Crippen molar-refractivity contribution in [2.45, 2.75) is 56.0 Å². The Bertz CT molecular complexity index is 1340. The molecule has 1 saturated heterocycles. The van der Waals surface area contributed by atoms with Gasteiger partial charge in [-0.1, -0.05) is 59.6 Å². The number of halogens is 2. The molecule has 36 heavy (non-hydrogen) atoms. The van der Waals surface area contributed by atoms with E-state index in [4.69, 9.17) is 23.2 Å². The van der Waals surface area contributed by atoms with Crippen LogP contribution in [0.2, 0.25) is 10.0 Å². The zero-order valence-corrected chi connectivity index (χ0v) is 21.8. The molecule has 0 bridgehead atoms. The minimum atomic E-state index is -0.0125. The van der Waals surface area contributed by atoms with E-state index < -0.39 is 0 Å². The van der Waals surface area contributed by atoms with Crippen LogP contribution in [0.5, 0.6) is 0 Å². The monoisotopic (exact) mass is 519 g/mol. The van der Waals surface area contributed by atoms with Crippen LogP contribution in [-0.2, 0) is 5.41 Å². The van der Waals surface area contributed by atoms with E-state index in [-0.39, 0.29) is 17.1 Å². The Balaban J connectivity index is 1.18. The number of fused-ring (bicyclic) bond motifs is 1. The molecule has 186 valence electrons. The van der Waals surface area contributed by atoms with Gasteiger partial charge < -0.3 is 9.88 Å². The second-order valence-electron chi connectivity index (χ2n) is 10.4. The number of aromatic amines is 1. The number of rotatable bonds is 4. The fourth-order valence-corrected chi connectivity index (χ4v) is 6.94. The molecule has 4 nitrogen and oxygen atoms in total. The molecule has 0 radical (unpaired) electrons. The van der Waals surface area contributed by atoms with Gasteiger partial charge in [0.1, 0.15) is 0 Å². The van der Waals surface area contributed by atoms with Crippen molar-refractivity contribution in [2.24, 2.45) is 0 Å². The number of nitrogens with one attached hydrogen (secondary N) is 1. The summed E-state index contributed by atoms with van der Waals surface area (Å²) in [5.41, 5.74) is 4.63. The van der Waals surface area contributed by atoms with Crippen molar-refractivity contribution < 1.29 is 0 Å². The number of aromatic nitrogens is 2. The number of benzene rings is 3. The van der Waals surface area contributed by atoms with E-state index >= 15 is 0 Å². The Morgan fingerprint density at radius 3 is 1.86 bits per heavy atom. The lowest BCUT2D eigenvalue weighted by Crippen LogP contribution is -2.46. The molecular formula is C30H31Cl2N3O. The van der Waals surface area contributed by atoms with Crippen LogP contribution in [0.3, 0.4) is 0 Å². The number of likely N-dealkylation sites (tertiary alicyclic amines) is 1. The van der Waals surface area contributed by atoms with E-state index in [1.807, 2.05) is 53.1 Å². The highest BCUT2D eigenvalue weighted by Gasteiger charge is 2.40. The van der Waals surface area contributed by atoms with Crippen LogP contribution in [0.15, 0.2) is 77.6 Å². The van der Waals surface area contributed by atoms with Gasteiger partial charge in [0.05, 0.1) is 11.0 Å². The first-order valence-electron chi connectivity index (χ1n) is 13.0. The lowest BCUT2D eigenvalue weighted by Gasteiger charge is -2.46. The average molecular weight is 521 g/mol. The van der Waals surface area contributed by atoms with Gasteiger partial charge in [0.2, 0.25) is 0 Å². The third-order valence-electron chi connectivity index (χ3n) is 8.61. The fraction of sp³-hybridized carbons (Fsp3) is 0.367. The van der Waals surface area contributed by atoms with Crippen LogP contribution >= 0.6 is 23.2 Å². The van der Waals surface area contributed by atoms with Gasteiger partial charge in [-0.2, -0.15) is 0 Å². The van der Waals surface area contributed by atoms with E-state index in [0.717, 1.165) is 72.7 Å². The predicted molar refractivity (Wildman–Crippen MR) is 148 cm³/mol. The fourth-order valence-electron chi connectivity index (χ4n) is 6.69. The molecule has 0 amide bonds. The Hall–Kier alpha value is -2.53. The first-order chi connectivity index (χ1) is 17.5. The normalized spacial score (nSPS) is 19.6. The van der Waals surface area contributed by atoms with Gasteiger partial charge in [-0.3, -0.25) is 4.57 Å². The summed E-state index contributed by atoms with van der Waals surface area (Å²) in [5, 5.41) is 1.55. The number of piperidine rings is 1. The topological polar surface area (TPSA) is 41.0 Å². The summed E-state index contributed by atoms with van der Waals surface area (Å²) in [5.74, 6) is 0. The summed E-state index contributed by atoms with van der Waals surface area (Å²) in [6.45, 7) is 2.08. The number of hydrogen-bond acceptors (Lipinski definition) is 2. The third kappa shape index (κ3) is 4.30. The summed E-state index contributed by atoms with van der Waals surface area (Å²) < 4.78 is 1.99. The molecule has 1 saturated carbocycles. The van der Waals surface area contributed by atoms with Gasteiger partial charge in [-0.15, -0.1) is 0 Å². The molecule has 2 heterocycles. The lowest BCUT2D eigenvalue weighted by molar-refractivity contribution is 0.0948. The maximum absolute atomic E-state index is 12.7. The van der Waals surface area contributed by atoms with E-state index in [1.54, 1.807) is 0 Å². The maximum atomic E-state index is 12.7. The smallest absolute Gasteiger partial charge is 0.306 e. The van der Waals surface area contributed by atoms with E-state index in [0.29, 0.717) is 6.04 Å². The van der Waals surface area contributed by atoms with Crippen LogP contribution in [0.1, 0.15) is 55.7 Å². The summed E-state index contributed by atoms with van der Waals surface area (Å²) in [7, 11) is 0. The average Bonchev–Trinajstić information content (AvgIpc) is 3.25. The molecule has 1 N–H and O–H groups in total. The molecule has 6 rings (SSSR count). The molecule has 6 heteroatoms. The molecule has 3 aromatic carbocycles. The van der Waals surface area contributed by atoms with Crippen LogP contribution < -0.4 is 5.69 Å². The lowest BCUT2D eigenvalue weighted by atomic mass is 9.64. The Labute approximate surface area is 221 Å². The number of hydrogen-bond donors (Lipinski definition) is 1. The number of para-hydroxylation sites is 2. The summed E-state index contributed by atoms with van der Waals surface area (Å²) >= 11 is 12.5. The molecule has 1 aliphatic carbocycles. The van der Waals surface area contributed by atoms with Gasteiger partial charge >= 0.3 is 5.69 Å². The quantitative estimate of drug-likeness (QED) is 0.309. The SMILES string of the molecule is O=c1[nH]c2ccccc2n1C1CCN(C2CCC(c3ccc(Cl)cc3)(c3ccc(Cl)cc3)CC2)CC1. The predicted octanol–water partition coefficient (Wildman–Crippen LogP) is 7.20. The second kappa shape index (κ2) is 9.74. The van der Waals surface area contributed by atoms with Gasteiger partial charge in [-0.05, 0) is 86.1 Å². The number of nitrogens with zero attached hydrogens (tertiary/aromatic N) is 2. The van der Waals surface area contributed by atoms with Crippen molar-refractivity contribution in [3.63, 3.8) is 0 Å². The molecule has 2 aliphatic rings. The molecule has 0 unspecified atom stereocenters. The highest BCUT2D eigenvalue weighted by Crippen LogP contribution is 2.46. The number of H-pyrrole nitrogens is 1. The molecule has 4 aromatic rings. The van der Waals surface area contributed by atoms with Gasteiger partial charge in [0, 0.05) is 40.6 Å². The molecule has 1 aromatic heterocycles. The standard InChI is InChI=1S/C30H31Cl2N3O/c31-23-9-5-21(6-10-23)30(22-7-11-24(32)12-8-22)17-13-25(14-18-30)34-19-15-26(16-20-34)35-28-4-2-1-3-27(28)33-29(35)36/h1-12,25-26H,13-20H2,(H,33,36). The summed E-state index contributed by atoms with van der Waals surface area (Å²) in [6.07, 6.45) is 6.53. The van der Waals surface area contributed by atoms with E-state index in [9.17, 15) is 4.79 Å². The van der Waals surface area contributed by atoms with Crippen molar-refractivity contribution in [1.82, 2.24) is 14.5 Å². The summed E-state index contributed by atoms with van der Waals surface area (Å²) in [4.78, 5) is 18.4. The zero-order chi connectivity index (χ0) is 24.7. The van der Waals surface area contributed by atoms with E-state index in [1.165, 1.54) is 11.1 Å². The minimum Gasteiger partial charge on any atom is -0.306 e. The molecular weight excluding hydrogens is 489 g/mol. The maximum Gasteiger partial charge on any atom is 0.326 e. The third-order valence-corrected chi connectivity index (χ3v) is 9.11. The van der Waals surface area contributed by atoms with Crippen LogP contribution in [0.25, 0.3) is 11.0 Å². The van der Waals surface area contributed by atoms with Crippen molar-refractivity contribution >= 4 is 34.2 Å². The Morgan fingerprint density at radius 1 is 0.722 bits per heavy atom. The Morgan fingerprint density at radius 2 is 1.28 bits per heavy atom. The van der Waals surface area contributed by atoms with E-state index in [2.05, 4.69) is 34.1 Å². The first kappa shape index (κ1) is 23.8. The van der Waals surface area contributed by atoms with Crippen LogP contribution in [0.4, 0.5) is 0 Å². The van der Waals surface area contributed by atoms with Crippen LogP contribution in [0, 0.1) is 0 Å². The van der Waals surface area contributed by atoms with Gasteiger partial charge in [0.15, 0.2) is 0 Å². The van der Waals surface area contributed by atoms with Gasteiger partial charge in [0.25, 0.3) is 0 Å². The minimum absolute atomic E-state index is 0.0125. The van der Waals surface area contributed by atoms with Crippen molar-refractivity contribution in [2.75, 3.05) is 13.1 Å². The zero-order valence-electron chi connectivity index (χ0n) is 20.3. The summed E-state index contributed by atoms with van der Waals surface area (Å²) in [6, 6.07) is 25.7. The van der Waals surface area contributed by atoms with Crippen molar-refractivity contribution in [3.05, 3.63) is 104 Å². The molecule has 2 fully saturated rings. The highest BCUT2D eigenvalue weighted by atomic mass is 35.5. The Kier molecular flexibility index (Phi) is 6.45. The van der Waals surface area contributed by atoms with Crippen molar-refractivity contribution in [3.8, 4) is 0 Å². The number of imidazole rings is 1. The highest BCUT2D eigenvalue weighted by molar-refractivity contribution is 6.30. The largest absolute Gasteiger partial charge is 0.326 e. The van der Waals surface area contributed by atoms with Crippen molar-refractivity contribution in [1.29, 1.82) is 0 Å². The molecule has 1 aliphatic heterocycles. The first-order valence-corrected chi connectivity index (χ1v) is 13.7. The van der Waals surface area contributed by atoms with Gasteiger partial charge in [-0.25, -0.2) is 4.79 Å². The second-order valence-corrected chi connectivity index (χ2v) is 11.3. The molecule has 0 atom stereocenters. The molecule has 0 spiro atoms.